The highest BCUT2D eigenvalue weighted by molar-refractivity contribution is 8.01. The number of para-hydroxylation sites is 1. The molecular formula is C23H29N3O8S. The van der Waals surface area contributed by atoms with Crippen molar-refractivity contribution in [2.45, 2.75) is 62.9 Å². The molecule has 3 aliphatic rings. The van der Waals surface area contributed by atoms with Crippen LogP contribution in [0.5, 0.6) is 11.5 Å². The maximum atomic E-state index is 13.0. The lowest BCUT2D eigenvalue weighted by Crippen LogP contribution is -2.71. The molecule has 3 heterocycles. The van der Waals surface area contributed by atoms with Crippen molar-refractivity contribution in [2.24, 2.45) is 11.1 Å². The number of β-lactam (4-membered cyclic amide) rings is 1. The minimum atomic E-state index is -1.08. The lowest BCUT2D eigenvalue weighted by molar-refractivity contribution is -0.180. The second-order valence-electron chi connectivity index (χ2n) is 10.1. The Hall–Kier alpha value is -2.99. The number of nitrogens with two attached hydrogens (primary N) is 1. The van der Waals surface area contributed by atoms with Crippen molar-refractivity contribution in [2.75, 3.05) is 13.6 Å². The van der Waals surface area contributed by atoms with Crippen LogP contribution in [0.25, 0.3) is 0 Å². The molecular weight excluding hydrogens is 478 g/mol. The van der Waals surface area contributed by atoms with Crippen LogP contribution < -0.4 is 20.5 Å². The number of amides is 2. The molecule has 0 aromatic heterocycles. The quantitative estimate of drug-likeness (QED) is 0.325. The van der Waals surface area contributed by atoms with Gasteiger partial charge in [-0.1, -0.05) is 12.1 Å². The Labute approximate surface area is 206 Å². The van der Waals surface area contributed by atoms with Crippen molar-refractivity contribution in [1.82, 2.24) is 10.2 Å². The molecule has 0 saturated carbocycles. The molecule has 3 N–H and O–H groups in total. The smallest absolute Gasteiger partial charge is 0.333 e. The molecule has 12 heteroatoms. The van der Waals surface area contributed by atoms with E-state index in [0.717, 1.165) is 0 Å². The van der Waals surface area contributed by atoms with Gasteiger partial charge in [-0.05, 0) is 40.7 Å². The molecule has 2 amide bonds. The van der Waals surface area contributed by atoms with Gasteiger partial charge in [0.2, 0.25) is 25.4 Å². The van der Waals surface area contributed by atoms with Crippen LogP contribution in [0.4, 0.5) is 0 Å². The maximum Gasteiger partial charge on any atom is 0.333 e. The summed E-state index contributed by atoms with van der Waals surface area (Å²) in [5.74, 6) is -1.25. The summed E-state index contributed by atoms with van der Waals surface area (Å²) >= 11 is 1.38. The first-order chi connectivity index (χ1) is 16.3. The van der Waals surface area contributed by atoms with Gasteiger partial charge in [0.1, 0.15) is 23.5 Å². The summed E-state index contributed by atoms with van der Waals surface area (Å²) in [6.07, 6.45) is 0. The van der Waals surface area contributed by atoms with Crippen LogP contribution in [-0.4, -0.2) is 64.4 Å². The first-order valence-corrected chi connectivity index (χ1v) is 12.0. The molecule has 2 saturated heterocycles. The van der Waals surface area contributed by atoms with E-state index in [1.807, 2.05) is 13.8 Å². The summed E-state index contributed by atoms with van der Waals surface area (Å²) in [6, 6.07) is 2.26. The third kappa shape index (κ3) is 4.52. The molecule has 0 spiro atoms. The number of esters is 2. The van der Waals surface area contributed by atoms with Crippen LogP contribution >= 0.6 is 11.8 Å². The van der Waals surface area contributed by atoms with Crippen LogP contribution in [-0.2, 0) is 28.7 Å². The highest BCUT2D eigenvalue weighted by Crippen LogP contribution is 2.51. The molecule has 1 aromatic rings. The van der Waals surface area contributed by atoms with Crippen molar-refractivity contribution < 1.29 is 38.1 Å². The van der Waals surface area contributed by atoms with E-state index in [0.29, 0.717) is 17.1 Å². The van der Waals surface area contributed by atoms with Crippen molar-refractivity contribution >= 4 is 35.5 Å². The van der Waals surface area contributed by atoms with Crippen LogP contribution in [0.1, 0.15) is 46.2 Å². The third-order valence-corrected chi connectivity index (χ3v) is 7.58. The van der Waals surface area contributed by atoms with E-state index in [9.17, 15) is 19.2 Å². The van der Waals surface area contributed by atoms with Gasteiger partial charge >= 0.3 is 11.9 Å². The van der Waals surface area contributed by atoms with E-state index in [4.69, 9.17) is 24.7 Å². The second kappa shape index (κ2) is 8.90. The van der Waals surface area contributed by atoms with Gasteiger partial charge in [-0.25, -0.2) is 4.79 Å². The van der Waals surface area contributed by atoms with Crippen LogP contribution in [0.2, 0.25) is 0 Å². The molecule has 190 valence electrons. The fraction of sp³-hybridized carbons (Fsp3) is 0.565. The number of carbonyl (C=O) groups excluding carboxylic acids is 4. The van der Waals surface area contributed by atoms with Crippen LogP contribution in [0.3, 0.4) is 0 Å². The number of nitrogens with one attached hydrogen (secondary N) is 1. The third-order valence-electron chi connectivity index (χ3n) is 6.01. The fourth-order valence-corrected chi connectivity index (χ4v) is 5.77. The number of fused-ring (bicyclic) bond motifs is 2. The summed E-state index contributed by atoms with van der Waals surface area (Å²) in [5.41, 5.74) is 5.88. The first-order valence-electron chi connectivity index (χ1n) is 11.1. The molecule has 11 nitrogen and oxygen atoms in total. The van der Waals surface area contributed by atoms with E-state index in [1.54, 1.807) is 39.0 Å². The largest absolute Gasteiger partial charge is 0.454 e. The summed E-state index contributed by atoms with van der Waals surface area (Å²) in [6.45, 7) is 8.17. The zero-order valence-electron chi connectivity index (χ0n) is 20.2. The van der Waals surface area contributed by atoms with Crippen molar-refractivity contribution in [1.29, 1.82) is 0 Å². The predicted octanol–water partition coefficient (Wildman–Crippen LogP) is 1.05. The molecule has 1 aromatic carbocycles. The average Bonchev–Trinajstić information content (AvgIpc) is 3.36. The van der Waals surface area contributed by atoms with Crippen LogP contribution in [0, 0.1) is 5.41 Å². The molecule has 3 aliphatic heterocycles. The Morgan fingerprint density at radius 1 is 1.26 bits per heavy atom. The summed E-state index contributed by atoms with van der Waals surface area (Å²) < 4.78 is 20.2. The molecule has 0 radical (unpaired) electrons. The molecule has 2 fully saturated rings. The van der Waals surface area contributed by atoms with Crippen molar-refractivity contribution in [3.63, 3.8) is 0 Å². The molecule has 4 rings (SSSR count). The Morgan fingerprint density at radius 3 is 2.66 bits per heavy atom. The van der Waals surface area contributed by atoms with E-state index >= 15 is 0 Å². The maximum absolute atomic E-state index is 13.0. The van der Waals surface area contributed by atoms with Gasteiger partial charge in [0, 0.05) is 10.3 Å². The summed E-state index contributed by atoms with van der Waals surface area (Å²) in [7, 11) is 0. The Kier molecular flexibility index (Phi) is 6.39. The van der Waals surface area contributed by atoms with Gasteiger partial charge in [-0.2, -0.15) is 0 Å². The van der Waals surface area contributed by atoms with Crippen molar-refractivity contribution in [3.8, 4) is 11.5 Å². The SMILES string of the molecule is CC(C)(C)C(=O)OCOC(=O)[C@@H]1N2C(=O)C(NC(=O)C(N)c3cccc4c3OCO4)[C@H]2SC1(C)C. The van der Waals surface area contributed by atoms with Gasteiger partial charge in [0.25, 0.3) is 0 Å². The minimum Gasteiger partial charge on any atom is -0.454 e. The first kappa shape index (κ1) is 25.1. The highest BCUT2D eigenvalue weighted by Gasteiger charge is 2.64. The van der Waals surface area contributed by atoms with Gasteiger partial charge in [-0.3, -0.25) is 14.4 Å². The molecule has 0 bridgehead atoms. The minimum absolute atomic E-state index is 0.0391. The van der Waals surface area contributed by atoms with Crippen LogP contribution in [0.15, 0.2) is 18.2 Å². The van der Waals surface area contributed by atoms with Gasteiger partial charge in [0.15, 0.2) is 11.5 Å². The number of nitrogens with zero attached hydrogens (tertiary/aromatic N) is 1. The van der Waals surface area contributed by atoms with Gasteiger partial charge in [-0.15, -0.1) is 11.8 Å². The molecule has 35 heavy (non-hydrogen) atoms. The zero-order valence-corrected chi connectivity index (χ0v) is 21.0. The number of hydrogen-bond donors (Lipinski definition) is 2. The van der Waals surface area contributed by atoms with E-state index in [1.165, 1.54) is 16.7 Å². The number of thioether (sulfide) groups is 1. The highest BCUT2D eigenvalue weighted by atomic mass is 32.2. The van der Waals surface area contributed by atoms with E-state index in [2.05, 4.69) is 5.32 Å². The Morgan fingerprint density at radius 2 is 1.97 bits per heavy atom. The topological polar surface area (TPSA) is 146 Å². The normalized spacial score (nSPS) is 24.8. The van der Waals surface area contributed by atoms with E-state index < -0.39 is 64.2 Å². The van der Waals surface area contributed by atoms with Gasteiger partial charge in [0.05, 0.1) is 5.41 Å². The Bertz CT molecular complexity index is 1070. The number of rotatable bonds is 6. The predicted molar refractivity (Wildman–Crippen MR) is 124 cm³/mol. The number of benzene rings is 1. The lowest BCUT2D eigenvalue weighted by atomic mass is 9.95. The molecule has 2 unspecified atom stereocenters. The zero-order chi connectivity index (χ0) is 25.7. The number of ether oxygens (including phenoxy) is 4. The Balaban J connectivity index is 1.39. The molecule has 4 atom stereocenters. The second-order valence-corrected chi connectivity index (χ2v) is 11.8. The average molecular weight is 508 g/mol. The molecule has 0 aliphatic carbocycles. The van der Waals surface area contributed by atoms with E-state index in [-0.39, 0.29) is 6.79 Å². The lowest BCUT2D eigenvalue weighted by Gasteiger charge is -2.44. The monoisotopic (exact) mass is 507 g/mol. The summed E-state index contributed by atoms with van der Waals surface area (Å²) in [4.78, 5) is 51.9. The fourth-order valence-electron chi connectivity index (χ4n) is 4.14. The number of hydrogen-bond acceptors (Lipinski definition) is 10. The summed E-state index contributed by atoms with van der Waals surface area (Å²) in [5, 5.41) is 2.24. The van der Waals surface area contributed by atoms with Crippen molar-refractivity contribution in [3.05, 3.63) is 23.8 Å². The standard InChI is InChI=1S/C23H29N3O8S/c1-22(2,3)21(30)34-10-33-20(29)16-23(4,5)35-19-14(18(28)26(16)19)25-17(27)13(24)11-7-6-8-12-15(11)32-9-31-12/h6-8,13-14,16,19H,9-10,24H2,1-5H3,(H,25,27)/t13?,14?,16-,19+/m0/s1. The number of carbonyl (C=O) groups is 4. The van der Waals surface area contributed by atoms with Gasteiger partial charge < -0.3 is 34.9 Å².